The molecule has 0 saturated heterocycles. The molecule has 0 amide bonds. The fourth-order valence-corrected chi connectivity index (χ4v) is 2.49. The van der Waals surface area contributed by atoms with Crippen LogP contribution in [0.1, 0.15) is 17.0 Å². The number of amidine groups is 1. The number of hydrogen-bond acceptors (Lipinski definition) is 1. The lowest BCUT2D eigenvalue weighted by Gasteiger charge is -2.10. The van der Waals surface area contributed by atoms with Gasteiger partial charge in [0, 0.05) is 0 Å². The van der Waals surface area contributed by atoms with E-state index in [1.807, 2.05) is 24.3 Å². The molecule has 0 aromatic heterocycles. The standard InChI is InChI=1S/C14H12N2/c15-14(16)13-11-7-3-1-5-9(11)10-6-2-4-8-12(10)13/h1-8,13H,(H3,15,16). The van der Waals surface area contributed by atoms with Crippen LogP contribution in [0.5, 0.6) is 0 Å². The number of benzene rings is 2. The van der Waals surface area contributed by atoms with Crippen molar-refractivity contribution in [1.29, 1.82) is 5.41 Å². The van der Waals surface area contributed by atoms with Crippen LogP contribution in [0.3, 0.4) is 0 Å². The van der Waals surface area contributed by atoms with Crippen LogP contribution >= 0.6 is 0 Å². The van der Waals surface area contributed by atoms with Crippen molar-refractivity contribution in [3.05, 3.63) is 59.7 Å². The summed E-state index contributed by atoms with van der Waals surface area (Å²) in [5.74, 6) is 0.157. The fraction of sp³-hybridized carbons (Fsp3) is 0.0714. The van der Waals surface area contributed by atoms with Crippen LogP contribution in [-0.4, -0.2) is 5.84 Å². The Labute approximate surface area is 94.2 Å². The zero-order valence-electron chi connectivity index (χ0n) is 8.77. The highest BCUT2D eigenvalue weighted by atomic mass is 14.7. The molecule has 0 heterocycles. The molecule has 3 rings (SSSR count). The van der Waals surface area contributed by atoms with Gasteiger partial charge in [-0.15, -0.1) is 0 Å². The molecule has 1 aliphatic rings. The van der Waals surface area contributed by atoms with E-state index in [4.69, 9.17) is 11.1 Å². The molecule has 2 heteroatoms. The van der Waals surface area contributed by atoms with E-state index in [9.17, 15) is 0 Å². The molecule has 2 aromatic carbocycles. The third kappa shape index (κ3) is 1.10. The van der Waals surface area contributed by atoms with E-state index in [0.29, 0.717) is 0 Å². The molecule has 1 aliphatic carbocycles. The molecule has 0 saturated carbocycles. The quantitative estimate of drug-likeness (QED) is 0.549. The Bertz CT molecular complexity index is 527. The average molecular weight is 208 g/mol. The zero-order valence-corrected chi connectivity index (χ0v) is 8.77. The highest BCUT2D eigenvalue weighted by Gasteiger charge is 2.29. The van der Waals surface area contributed by atoms with E-state index in [0.717, 1.165) is 11.1 Å². The van der Waals surface area contributed by atoms with Gasteiger partial charge in [-0.3, -0.25) is 5.41 Å². The molecule has 0 radical (unpaired) electrons. The van der Waals surface area contributed by atoms with Gasteiger partial charge >= 0.3 is 0 Å². The van der Waals surface area contributed by atoms with Gasteiger partial charge in [0.25, 0.3) is 0 Å². The van der Waals surface area contributed by atoms with Gasteiger partial charge in [-0.2, -0.15) is 0 Å². The third-order valence-corrected chi connectivity index (χ3v) is 3.14. The van der Waals surface area contributed by atoms with Gasteiger partial charge < -0.3 is 5.73 Å². The van der Waals surface area contributed by atoms with Gasteiger partial charge in [0.15, 0.2) is 0 Å². The summed E-state index contributed by atoms with van der Waals surface area (Å²) in [5, 5.41) is 7.73. The first-order valence-corrected chi connectivity index (χ1v) is 5.31. The van der Waals surface area contributed by atoms with Crippen molar-refractivity contribution < 1.29 is 0 Å². The van der Waals surface area contributed by atoms with E-state index in [1.165, 1.54) is 11.1 Å². The molecule has 16 heavy (non-hydrogen) atoms. The first-order valence-electron chi connectivity index (χ1n) is 5.31. The lowest BCUT2D eigenvalue weighted by molar-refractivity contribution is 1.09. The molecule has 0 spiro atoms. The minimum absolute atomic E-state index is 0.0626. The first-order chi connectivity index (χ1) is 7.79. The van der Waals surface area contributed by atoms with Gasteiger partial charge in [-0.05, 0) is 22.3 Å². The molecule has 78 valence electrons. The number of nitrogens with two attached hydrogens (primary N) is 1. The largest absolute Gasteiger partial charge is 0.387 e. The normalized spacial score (nSPS) is 13.2. The van der Waals surface area contributed by atoms with Crippen molar-refractivity contribution in [2.75, 3.05) is 0 Å². The Balaban J connectivity index is 2.34. The van der Waals surface area contributed by atoms with E-state index >= 15 is 0 Å². The Morgan fingerprint density at radius 2 is 1.31 bits per heavy atom. The lowest BCUT2D eigenvalue weighted by atomic mass is 9.96. The summed E-state index contributed by atoms with van der Waals surface area (Å²) in [5.41, 5.74) is 10.4. The van der Waals surface area contributed by atoms with Crippen LogP contribution in [0.2, 0.25) is 0 Å². The molecule has 2 aromatic rings. The molecule has 0 bridgehead atoms. The van der Waals surface area contributed by atoms with Crippen LogP contribution in [0.4, 0.5) is 0 Å². The molecule has 0 atom stereocenters. The highest BCUT2D eigenvalue weighted by Crippen LogP contribution is 2.44. The summed E-state index contributed by atoms with van der Waals surface area (Å²) >= 11 is 0. The Morgan fingerprint density at radius 1 is 0.875 bits per heavy atom. The van der Waals surface area contributed by atoms with E-state index in [-0.39, 0.29) is 11.8 Å². The van der Waals surface area contributed by atoms with Gasteiger partial charge in [-0.25, -0.2) is 0 Å². The SMILES string of the molecule is N=C(N)C1c2ccccc2-c2ccccc21. The summed E-state index contributed by atoms with van der Waals surface area (Å²) < 4.78 is 0. The summed E-state index contributed by atoms with van der Waals surface area (Å²) in [6, 6.07) is 16.4. The number of hydrogen-bond donors (Lipinski definition) is 2. The summed E-state index contributed by atoms with van der Waals surface area (Å²) in [4.78, 5) is 0. The maximum absolute atomic E-state index is 7.73. The van der Waals surface area contributed by atoms with Gasteiger partial charge in [-0.1, -0.05) is 48.5 Å². The van der Waals surface area contributed by atoms with Crippen molar-refractivity contribution in [2.45, 2.75) is 5.92 Å². The average Bonchev–Trinajstić information content (AvgIpc) is 2.63. The minimum atomic E-state index is -0.0626. The van der Waals surface area contributed by atoms with Crippen LogP contribution in [0.15, 0.2) is 48.5 Å². The molecule has 0 aliphatic heterocycles. The zero-order chi connectivity index (χ0) is 11.1. The van der Waals surface area contributed by atoms with Crippen molar-refractivity contribution in [3.8, 4) is 11.1 Å². The topological polar surface area (TPSA) is 49.9 Å². The van der Waals surface area contributed by atoms with Gasteiger partial charge in [0.1, 0.15) is 5.84 Å². The second-order valence-electron chi connectivity index (χ2n) is 4.06. The fourth-order valence-electron chi connectivity index (χ4n) is 2.49. The minimum Gasteiger partial charge on any atom is -0.387 e. The van der Waals surface area contributed by atoms with Crippen molar-refractivity contribution in [1.82, 2.24) is 0 Å². The van der Waals surface area contributed by atoms with Gasteiger partial charge in [0.05, 0.1) is 5.92 Å². The molecule has 0 fully saturated rings. The molecule has 0 unspecified atom stereocenters. The van der Waals surface area contributed by atoms with Crippen molar-refractivity contribution in [2.24, 2.45) is 5.73 Å². The maximum Gasteiger partial charge on any atom is 0.103 e. The predicted molar refractivity (Wildman–Crippen MR) is 65.6 cm³/mol. The number of fused-ring (bicyclic) bond motifs is 3. The lowest BCUT2D eigenvalue weighted by Crippen LogP contribution is -2.19. The third-order valence-electron chi connectivity index (χ3n) is 3.14. The Hall–Kier alpha value is -2.09. The van der Waals surface area contributed by atoms with E-state index in [1.54, 1.807) is 0 Å². The van der Waals surface area contributed by atoms with Crippen LogP contribution in [0.25, 0.3) is 11.1 Å². The van der Waals surface area contributed by atoms with Crippen molar-refractivity contribution in [3.63, 3.8) is 0 Å². The second kappa shape index (κ2) is 3.20. The van der Waals surface area contributed by atoms with E-state index in [2.05, 4.69) is 24.3 Å². The molecular weight excluding hydrogens is 196 g/mol. The van der Waals surface area contributed by atoms with Crippen molar-refractivity contribution >= 4 is 5.84 Å². The summed E-state index contributed by atoms with van der Waals surface area (Å²) in [7, 11) is 0. The molecular formula is C14H12N2. The smallest absolute Gasteiger partial charge is 0.103 e. The number of rotatable bonds is 1. The number of nitrogens with one attached hydrogen (secondary N) is 1. The first kappa shape index (κ1) is 9.16. The Kier molecular flexibility index (Phi) is 1.83. The van der Waals surface area contributed by atoms with Gasteiger partial charge in [0.2, 0.25) is 0 Å². The maximum atomic E-state index is 7.73. The van der Waals surface area contributed by atoms with Crippen LogP contribution in [0, 0.1) is 5.41 Å². The predicted octanol–water partition coefficient (Wildman–Crippen LogP) is 2.73. The molecule has 3 N–H and O–H groups in total. The highest BCUT2D eigenvalue weighted by molar-refractivity contribution is 5.96. The van der Waals surface area contributed by atoms with Crippen LogP contribution < -0.4 is 5.73 Å². The van der Waals surface area contributed by atoms with E-state index < -0.39 is 0 Å². The Morgan fingerprint density at radius 3 is 1.75 bits per heavy atom. The second-order valence-corrected chi connectivity index (χ2v) is 4.06. The van der Waals surface area contributed by atoms with Crippen LogP contribution in [-0.2, 0) is 0 Å². The summed E-state index contributed by atoms with van der Waals surface area (Å²) in [6.07, 6.45) is 0. The monoisotopic (exact) mass is 208 g/mol. The molecule has 2 nitrogen and oxygen atoms in total. The summed E-state index contributed by atoms with van der Waals surface area (Å²) in [6.45, 7) is 0.